The van der Waals surface area contributed by atoms with Crippen molar-refractivity contribution in [3.05, 3.63) is 24.3 Å². The molecule has 17 heavy (non-hydrogen) atoms. The minimum Gasteiger partial charge on any atom is -0.483 e. The van der Waals surface area contributed by atoms with Gasteiger partial charge in [0.2, 0.25) is 10.0 Å². The molecule has 0 bridgehead atoms. The van der Waals surface area contributed by atoms with Crippen LogP contribution in [0.3, 0.4) is 0 Å². The minimum absolute atomic E-state index is 0.112. The molecule has 0 unspecified atom stereocenters. The summed E-state index contributed by atoms with van der Waals surface area (Å²) in [7, 11) is -3.38. The number of para-hydroxylation sites is 2. The van der Waals surface area contributed by atoms with Gasteiger partial charge in [0.05, 0.1) is 11.9 Å². The lowest BCUT2D eigenvalue weighted by Crippen LogP contribution is -2.21. The second-order valence-corrected chi connectivity index (χ2v) is 5.00. The summed E-state index contributed by atoms with van der Waals surface area (Å²) >= 11 is 0. The number of ether oxygens (including phenoxy) is 1. The molecule has 8 heteroatoms. The average molecular weight is 259 g/mol. The molecule has 1 rings (SSSR count). The Labute approximate surface area is 98.9 Å². The Morgan fingerprint density at radius 2 is 2.18 bits per heavy atom. The second kappa shape index (κ2) is 5.39. The summed E-state index contributed by atoms with van der Waals surface area (Å²) in [5, 5.41) is 11.1. The zero-order valence-corrected chi connectivity index (χ0v) is 9.94. The molecule has 0 aliphatic rings. The Morgan fingerprint density at radius 3 is 2.76 bits per heavy atom. The van der Waals surface area contributed by atoms with Crippen LogP contribution in [-0.4, -0.2) is 32.3 Å². The van der Waals surface area contributed by atoms with Crippen LogP contribution in [0.5, 0.6) is 5.75 Å². The fraction of sp³-hybridized carbons (Fsp3) is 0.222. The third-order valence-electron chi connectivity index (χ3n) is 1.69. The van der Waals surface area contributed by atoms with Gasteiger partial charge in [0.15, 0.2) is 5.84 Å². The quantitative estimate of drug-likeness (QED) is 0.302. The molecule has 4 N–H and O–H groups in total. The number of nitrogens with zero attached hydrogens (tertiary/aromatic N) is 1. The number of sulfonamides is 1. The lowest BCUT2D eigenvalue weighted by molar-refractivity contribution is 0.306. The van der Waals surface area contributed by atoms with Crippen LogP contribution in [0, 0.1) is 0 Å². The van der Waals surface area contributed by atoms with Gasteiger partial charge in [-0.25, -0.2) is 8.42 Å². The molecule has 0 fully saturated rings. The molecule has 0 radical (unpaired) electrons. The summed E-state index contributed by atoms with van der Waals surface area (Å²) in [6.07, 6.45) is 1.04. The molecule has 7 nitrogen and oxygen atoms in total. The Hall–Kier alpha value is -1.96. The van der Waals surface area contributed by atoms with Crippen molar-refractivity contribution < 1.29 is 18.4 Å². The van der Waals surface area contributed by atoms with E-state index in [9.17, 15) is 8.42 Å². The van der Waals surface area contributed by atoms with Crippen LogP contribution in [0.1, 0.15) is 0 Å². The van der Waals surface area contributed by atoms with Crippen LogP contribution < -0.4 is 15.2 Å². The van der Waals surface area contributed by atoms with Crippen molar-refractivity contribution in [2.45, 2.75) is 0 Å². The van der Waals surface area contributed by atoms with E-state index in [1.54, 1.807) is 24.3 Å². The van der Waals surface area contributed by atoms with Gasteiger partial charge in [-0.05, 0) is 12.1 Å². The number of benzene rings is 1. The van der Waals surface area contributed by atoms with Gasteiger partial charge in [0, 0.05) is 0 Å². The lowest BCUT2D eigenvalue weighted by atomic mass is 10.3. The van der Waals surface area contributed by atoms with Crippen LogP contribution in [-0.2, 0) is 10.0 Å². The van der Waals surface area contributed by atoms with E-state index in [1.807, 2.05) is 0 Å². The molecule has 1 aromatic carbocycles. The fourth-order valence-corrected chi connectivity index (χ4v) is 1.63. The molecule has 0 amide bonds. The van der Waals surface area contributed by atoms with E-state index >= 15 is 0 Å². The number of nitrogens with two attached hydrogens (primary N) is 1. The largest absolute Gasteiger partial charge is 0.483 e. The predicted molar refractivity (Wildman–Crippen MR) is 63.8 cm³/mol. The highest BCUT2D eigenvalue weighted by Gasteiger charge is 2.08. The van der Waals surface area contributed by atoms with Gasteiger partial charge >= 0.3 is 0 Å². The summed E-state index contributed by atoms with van der Waals surface area (Å²) in [6, 6.07) is 6.44. The van der Waals surface area contributed by atoms with E-state index in [1.165, 1.54) is 0 Å². The standard InChI is InChI=1S/C9H13N3O4S/c1-17(14,15)12-7-4-2-3-5-8(7)16-6-9(10)11-13/h2-5,12-13H,6H2,1H3,(H2,10,11). The SMILES string of the molecule is CS(=O)(=O)Nc1ccccc1OC/C(N)=N/O. The number of oxime groups is 1. The van der Waals surface area contributed by atoms with Crippen molar-refractivity contribution in [1.82, 2.24) is 0 Å². The maximum atomic E-state index is 11.1. The Balaban J connectivity index is 2.85. The number of anilines is 1. The molecule has 1 aromatic rings. The monoisotopic (exact) mass is 259 g/mol. The number of hydrogen-bond acceptors (Lipinski definition) is 5. The van der Waals surface area contributed by atoms with Crippen molar-refractivity contribution in [3.8, 4) is 5.75 Å². The van der Waals surface area contributed by atoms with Crippen LogP contribution in [0.4, 0.5) is 5.69 Å². The van der Waals surface area contributed by atoms with Gasteiger partial charge < -0.3 is 15.7 Å². The zero-order chi connectivity index (χ0) is 12.9. The van der Waals surface area contributed by atoms with E-state index in [2.05, 4.69) is 9.88 Å². The van der Waals surface area contributed by atoms with E-state index in [-0.39, 0.29) is 12.4 Å². The summed E-state index contributed by atoms with van der Waals surface area (Å²) in [5.41, 5.74) is 5.53. The van der Waals surface area contributed by atoms with Gasteiger partial charge in [-0.3, -0.25) is 4.72 Å². The number of rotatable bonds is 5. The third kappa shape index (κ3) is 4.60. The summed E-state index contributed by atoms with van der Waals surface area (Å²) in [5.74, 6) is 0.184. The third-order valence-corrected chi connectivity index (χ3v) is 2.28. The van der Waals surface area contributed by atoms with Crippen LogP contribution >= 0.6 is 0 Å². The van der Waals surface area contributed by atoms with E-state index in [0.29, 0.717) is 11.4 Å². The van der Waals surface area contributed by atoms with E-state index < -0.39 is 10.0 Å². The normalized spacial score (nSPS) is 12.2. The molecule has 0 aromatic heterocycles. The summed E-state index contributed by atoms with van der Waals surface area (Å²) in [6.45, 7) is -0.140. The van der Waals surface area contributed by atoms with Gasteiger partial charge in [-0.1, -0.05) is 17.3 Å². The summed E-state index contributed by atoms with van der Waals surface area (Å²) in [4.78, 5) is 0. The Kier molecular flexibility index (Phi) is 4.16. The zero-order valence-electron chi connectivity index (χ0n) is 9.12. The first kappa shape index (κ1) is 13.1. The Morgan fingerprint density at radius 1 is 1.53 bits per heavy atom. The topological polar surface area (TPSA) is 114 Å². The van der Waals surface area contributed by atoms with Gasteiger partial charge in [-0.15, -0.1) is 0 Å². The smallest absolute Gasteiger partial charge is 0.229 e. The first-order valence-corrected chi connectivity index (χ1v) is 6.47. The highest BCUT2D eigenvalue weighted by atomic mass is 32.2. The van der Waals surface area contributed by atoms with E-state index in [4.69, 9.17) is 15.7 Å². The number of hydrogen-bond donors (Lipinski definition) is 3. The molecule has 0 spiro atoms. The molecule has 94 valence electrons. The number of nitrogens with one attached hydrogen (secondary N) is 1. The van der Waals surface area contributed by atoms with Crippen molar-refractivity contribution in [1.29, 1.82) is 0 Å². The Bertz CT molecular complexity index is 513. The van der Waals surface area contributed by atoms with Crippen LogP contribution in [0.2, 0.25) is 0 Å². The van der Waals surface area contributed by atoms with Gasteiger partial charge in [0.1, 0.15) is 12.4 Å². The van der Waals surface area contributed by atoms with Crippen molar-refractivity contribution in [3.63, 3.8) is 0 Å². The molecular formula is C9H13N3O4S. The molecule has 0 heterocycles. The minimum atomic E-state index is -3.38. The second-order valence-electron chi connectivity index (χ2n) is 3.25. The highest BCUT2D eigenvalue weighted by molar-refractivity contribution is 7.92. The van der Waals surface area contributed by atoms with E-state index in [0.717, 1.165) is 6.26 Å². The molecule has 0 aliphatic heterocycles. The number of amidine groups is 1. The molecule has 0 saturated carbocycles. The lowest BCUT2D eigenvalue weighted by Gasteiger charge is -2.11. The molecule has 0 atom stereocenters. The van der Waals surface area contributed by atoms with Gasteiger partial charge in [-0.2, -0.15) is 0 Å². The van der Waals surface area contributed by atoms with Crippen molar-refractivity contribution >= 4 is 21.5 Å². The van der Waals surface area contributed by atoms with Gasteiger partial charge in [0.25, 0.3) is 0 Å². The van der Waals surface area contributed by atoms with Crippen molar-refractivity contribution in [2.24, 2.45) is 10.9 Å². The van der Waals surface area contributed by atoms with Crippen LogP contribution in [0.25, 0.3) is 0 Å². The fourth-order valence-electron chi connectivity index (χ4n) is 1.06. The molecular weight excluding hydrogens is 246 g/mol. The molecule has 0 aliphatic carbocycles. The first-order chi connectivity index (χ1) is 7.92. The highest BCUT2D eigenvalue weighted by Crippen LogP contribution is 2.24. The predicted octanol–water partition coefficient (Wildman–Crippen LogP) is 0.183. The maximum absolute atomic E-state index is 11.1. The van der Waals surface area contributed by atoms with Crippen molar-refractivity contribution in [2.75, 3.05) is 17.6 Å². The molecule has 0 saturated heterocycles. The first-order valence-electron chi connectivity index (χ1n) is 4.58. The maximum Gasteiger partial charge on any atom is 0.229 e. The average Bonchev–Trinajstić information content (AvgIpc) is 2.25. The van der Waals surface area contributed by atoms with Crippen LogP contribution in [0.15, 0.2) is 29.4 Å². The summed E-state index contributed by atoms with van der Waals surface area (Å²) < 4.78 is 29.7.